The van der Waals surface area contributed by atoms with Gasteiger partial charge in [-0.25, -0.2) is 9.97 Å². The van der Waals surface area contributed by atoms with Gasteiger partial charge in [-0.3, -0.25) is 4.98 Å². The topological polar surface area (TPSA) is 69.4 Å². The van der Waals surface area contributed by atoms with Crippen molar-refractivity contribution >= 4 is 11.8 Å². The number of hydrogen-bond donors (Lipinski definition) is 0. The first kappa shape index (κ1) is 18.6. The Kier molecular flexibility index (Phi) is 4.88. The zero-order valence-electron chi connectivity index (χ0n) is 14.6. The van der Waals surface area contributed by atoms with Crippen LogP contribution in [0, 0.1) is 0 Å². The lowest BCUT2D eigenvalue weighted by Gasteiger charge is -2.11. The number of aromatic nitrogens is 6. The number of pyridine rings is 1. The Labute approximate surface area is 163 Å². The van der Waals surface area contributed by atoms with Crippen LogP contribution in [-0.2, 0) is 12.7 Å². The average molecular weight is 404 g/mol. The molecule has 0 atom stereocenters. The summed E-state index contributed by atoms with van der Waals surface area (Å²) < 4.78 is 42.0. The van der Waals surface area contributed by atoms with Crippen LogP contribution in [0.2, 0.25) is 0 Å². The van der Waals surface area contributed by atoms with E-state index >= 15 is 0 Å². The van der Waals surface area contributed by atoms with E-state index in [2.05, 4.69) is 31.7 Å². The van der Waals surface area contributed by atoms with Crippen molar-refractivity contribution in [1.29, 1.82) is 0 Å². The van der Waals surface area contributed by atoms with Crippen molar-refractivity contribution in [3.8, 4) is 11.4 Å². The van der Waals surface area contributed by atoms with Gasteiger partial charge in [-0.15, -0.1) is 16.8 Å². The fourth-order valence-electron chi connectivity index (χ4n) is 2.67. The Morgan fingerprint density at radius 2 is 1.93 bits per heavy atom. The van der Waals surface area contributed by atoms with E-state index in [1.165, 1.54) is 12.4 Å². The third-order valence-electron chi connectivity index (χ3n) is 4.13. The number of nitrogens with zero attached hydrogens (tertiary/aromatic N) is 6. The van der Waals surface area contributed by atoms with Crippen molar-refractivity contribution in [1.82, 2.24) is 29.7 Å². The second-order valence-electron chi connectivity index (χ2n) is 6.27. The highest BCUT2D eigenvalue weighted by molar-refractivity contribution is 7.99. The van der Waals surface area contributed by atoms with Gasteiger partial charge in [0.05, 0.1) is 0 Å². The Bertz CT molecular complexity index is 998. The predicted octanol–water partition coefficient (Wildman–Crippen LogP) is 4.36. The van der Waals surface area contributed by atoms with Gasteiger partial charge in [0.15, 0.2) is 11.0 Å². The van der Waals surface area contributed by atoms with Crippen LogP contribution in [0.1, 0.15) is 30.3 Å². The van der Waals surface area contributed by atoms with Gasteiger partial charge in [-0.05, 0) is 36.7 Å². The molecule has 0 spiro atoms. The Balaban J connectivity index is 1.74. The predicted molar refractivity (Wildman–Crippen MR) is 96.6 cm³/mol. The van der Waals surface area contributed by atoms with Gasteiger partial charge in [0.25, 0.3) is 0 Å². The van der Waals surface area contributed by atoms with Crippen LogP contribution in [0.4, 0.5) is 13.2 Å². The minimum atomic E-state index is -4.59. The molecule has 1 aliphatic rings. The molecule has 0 saturated heterocycles. The van der Waals surface area contributed by atoms with Gasteiger partial charge >= 0.3 is 6.18 Å². The maximum absolute atomic E-state index is 13.4. The molecular weight excluding hydrogens is 389 g/mol. The zero-order valence-corrected chi connectivity index (χ0v) is 15.4. The molecule has 0 aliphatic heterocycles. The van der Waals surface area contributed by atoms with E-state index in [1.807, 2.05) is 4.57 Å². The van der Waals surface area contributed by atoms with Crippen LogP contribution >= 0.6 is 11.8 Å². The normalized spacial score (nSPS) is 14.2. The molecule has 144 valence electrons. The Morgan fingerprint density at radius 1 is 1.18 bits per heavy atom. The number of allylic oxidation sites excluding steroid dienone is 1. The van der Waals surface area contributed by atoms with Gasteiger partial charge in [0, 0.05) is 36.5 Å². The molecule has 0 amide bonds. The summed E-state index contributed by atoms with van der Waals surface area (Å²) in [7, 11) is 0. The molecule has 10 heteroatoms. The van der Waals surface area contributed by atoms with Crippen LogP contribution in [0.25, 0.3) is 11.4 Å². The third-order valence-corrected chi connectivity index (χ3v) is 5.03. The molecule has 1 saturated carbocycles. The highest BCUT2D eigenvalue weighted by Gasteiger charge is 2.34. The highest BCUT2D eigenvalue weighted by atomic mass is 32.2. The van der Waals surface area contributed by atoms with Crippen molar-refractivity contribution < 1.29 is 13.2 Å². The van der Waals surface area contributed by atoms with E-state index in [-0.39, 0.29) is 10.9 Å². The lowest BCUT2D eigenvalue weighted by atomic mass is 10.2. The van der Waals surface area contributed by atoms with E-state index in [4.69, 9.17) is 0 Å². The Hall–Kier alpha value is -2.75. The van der Waals surface area contributed by atoms with E-state index in [1.54, 1.807) is 18.2 Å². The fourth-order valence-corrected chi connectivity index (χ4v) is 3.52. The Morgan fingerprint density at radius 3 is 2.57 bits per heavy atom. The molecule has 3 aromatic heterocycles. The quantitative estimate of drug-likeness (QED) is 0.449. The summed E-state index contributed by atoms with van der Waals surface area (Å²) in [5.41, 5.74) is -0.553. The van der Waals surface area contributed by atoms with E-state index in [9.17, 15) is 13.2 Å². The van der Waals surface area contributed by atoms with Crippen molar-refractivity contribution in [2.24, 2.45) is 0 Å². The average Bonchev–Trinajstić information content (AvgIpc) is 3.45. The molecular formula is C18H15F3N6S. The van der Waals surface area contributed by atoms with Gasteiger partial charge < -0.3 is 4.57 Å². The molecule has 3 heterocycles. The number of hydrogen-bond acceptors (Lipinski definition) is 6. The SMILES string of the molecule is C=CCn1c(Sc2cc(C(F)(F)F)nc(-c3ccncc3)n2)nnc1C1CC1. The summed E-state index contributed by atoms with van der Waals surface area (Å²) in [4.78, 5) is 11.9. The van der Waals surface area contributed by atoms with Gasteiger partial charge in [0.1, 0.15) is 16.5 Å². The van der Waals surface area contributed by atoms with E-state index < -0.39 is 11.9 Å². The van der Waals surface area contributed by atoms with Gasteiger partial charge in [0.2, 0.25) is 0 Å². The number of alkyl halides is 3. The second-order valence-corrected chi connectivity index (χ2v) is 7.25. The standard InChI is InChI=1S/C18H15F3N6S/c1-2-9-27-16(12-3-4-12)25-26-17(27)28-14-10-13(18(19,20)21)23-15(24-14)11-5-7-22-8-6-11/h2,5-8,10,12H,1,3-4,9H2. The molecule has 0 bridgehead atoms. The molecule has 6 nitrogen and oxygen atoms in total. The first-order valence-electron chi connectivity index (χ1n) is 8.54. The summed E-state index contributed by atoms with van der Waals surface area (Å²) in [6, 6.07) is 4.06. The van der Waals surface area contributed by atoms with Crippen LogP contribution < -0.4 is 0 Å². The lowest BCUT2D eigenvalue weighted by Crippen LogP contribution is -2.10. The van der Waals surface area contributed by atoms with Crippen molar-refractivity contribution in [2.75, 3.05) is 0 Å². The summed E-state index contributed by atoms with van der Waals surface area (Å²) >= 11 is 1.03. The lowest BCUT2D eigenvalue weighted by molar-refractivity contribution is -0.141. The minimum absolute atomic E-state index is 0.0167. The molecule has 0 radical (unpaired) electrons. The molecule has 1 fully saturated rings. The zero-order chi connectivity index (χ0) is 19.7. The van der Waals surface area contributed by atoms with E-state index in [0.717, 1.165) is 36.5 Å². The molecule has 0 N–H and O–H groups in total. The maximum atomic E-state index is 13.4. The minimum Gasteiger partial charge on any atom is -0.302 e. The fraction of sp³-hybridized carbons (Fsp3) is 0.278. The summed E-state index contributed by atoms with van der Waals surface area (Å²) in [5, 5.41) is 9.01. The van der Waals surface area contributed by atoms with Gasteiger partial charge in [-0.1, -0.05) is 6.08 Å². The first-order valence-corrected chi connectivity index (χ1v) is 9.36. The number of rotatable bonds is 6. The summed E-state index contributed by atoms with van der Waals surface area (Å²) in [5.74, 6) is 1.17. The van der Waals surface area contributed by atoms with Crippen LogP contribution in [0.15, 0.2) is 53.4 Å². The smallest absolute Gasteiger partial charge is 0.302 e. The monoisotopic (exact) mass is 404 g/mol. The van der Waals surface area contributed by atoms with Crippen molar-refractivity contribution in [3.63, 3.8) is 0 Å². The third kappa shape index (κ3) is 3.91. The van der Waals surface area contributed by atoms with Crippen LogP contribution in [0.3, 0.4) is 0 Å². The van der Waals surface area contributed by atoms with Crippen LogP contribution in [-0.4, -0.2) is 29.7 Å². The molecule has 0 unspecified atom stereocenters. The van der Waals surface area contributed by atoms with Gasteiger partial charge in [-0.2, -0.15) is 13.2 Å². The first-order chi connectivity index (χ1) is 13.5. The molecule has 1 aliphatic carbocycles. The largest absolute Gasteiger partial charge is 0.433 e. The van der Waals surface area contributed by atoms with E-state index in [0.29, 0.717) is 23.2 Å². The number of halogens is 3. The molecule has 4 rings (SSSR count). The second kappa shape index (κ2) is 7.34. The highest BCUT2D eigenvalue weighted by Crippen LogP contribution is 2.41. The van der Waals surface area contributed by atoms with Crippen LogP contribution in [0.5, 0.6) is 0 Å². The van der Waals surface area contributed by atoms with Crippen molar-refractivity contribution in [3.05, 3.63) is 54.8 Å². The maximum Gasteiger partial charge on any atom is 0.433 e. The molecule has 3 aromatic rings. The van der Waals surface area contributed by atoms with Crippen molar-refractivity contribution in [2.45, 2.75) is 41.7 Å². The molecule has 28 heavy (non-hydrogen) atoms. The molecule has 0 aromatic carbocycles. The summed E-state index contributed by atoms with van der Waals surface area (Å²) in [6.45, 7) is 4.22. The summed E-state index contributed by atoms with van der Waals surface area (Å²) in [6.07, 6.45) is 2.16.